The minimum absolute atomic E-state index is 0.0374. The number of hydrogen-bond acceptors (Lipinski definition) is 0. The van der Waals surface area contributed by atoms with Crippen molar-refractivity contribution in [1.29, 1.82) is 0 Å². The van der Waals surface area contributed by atoms with E-state index in [1.165, 1.54) is 0 Å². The van der Waals surface area contributed by atoms with Crippen molar-refractivity contribution in [2.75, 3.05) is 0 Å². The molecule has 0 aromatic rings. The van der Waals surface area contributed by atoms with E-state index in [0.717, 1.165) is 12.2 Å². The summed E-state index contributed by atoms with van der Waals surface area (Å²) in [4.78, 5) is 0. The second-order valence-electron chi connectivity index (χ2n) is 1.80. The Morgan fingerprint density at radius 1 is 1.18 bits per heavy atom. The highest BCUT2D eigenvalue weighted by Crippen LogP contribution is 2.25. The van der Waals surface area contributed by atoms with Gasteiger partial charge < -0.3 is 0 Å². The van der Waals surface area contributed by atoms with Crippen LogP contribution in [0.3, 0.4) is 0 Å². The molecule has 0 radical (unpaired) electrons. The number of hydrogen-bond donors (Lipinski definition) is 0. The lowest BCUT2D eigenvalue weighted by molar-refractivity contribution is -0.0878. The van der Waals surface area contributed by atoms with Crippen molar-refractivity contribution >= 4 is 11.6 Å². The largest absolute Gasteiger partial charge is 0.415 e. The predicted molar refractivity (Wildman–Crippen MR) is 39.3 cm³/mol. The minimum atomic E-state index is -4.39. The molecule has 0 rings (SSSR count). The lowest BCUT2D eigenvalue weighted by atomic mass is 10.3. The third-order valence-electron chi connectivity index (χ3n) is 0.829. The monoisotopic (exact) mass is 182 g/mol. The molecule has 0 atom stereocenters. The molecule has 62 valence electrons. The third-order valence-corrected chi connectivity index (χ3v) is 0.955. The van der Waals surface area contributed by atoms with Gasteiger partial charge in [-0.3, -0.25) is 0 Å². The van der Waals surface area contributed by atoms with Gasteiger partial charge in [-0.05, 0) is 12.2 Å². The predicted octanol–water partition coefficient (Wildman–Crippen LogP) is 3.41. The Morgan fingerprint density at radius 2 is 1.64 bits per heavy atom. The van der Waals surface area contributed by atoms with Crippen LogP contribution in [0.25, 0.3) is 0 Å². The van der Waals surface area contributed by atoms with E-state index in [0.29, 0.717) is 0 Å². The van der Waals surface area contributed by atoms with Crippen LogP contribution in [0, 0.1) is 0 Å². The molecule has 0 N–H and O–H groups in total. The highest BCUT2D eigenvalue weighted by Gasteiger charge is 2.29. The Bertz CT molecular complexity index is 200. The summed E-state index contributed by atoms with van der Waals surface area (Å²) in [5.41, 5.74) is -0.945. The van der Waals surface area contributed by atoms with E-state index in [1.807, 2.05) is 0 Å². The van der Waals surface area contributed by atoms with Gasteiger partial charge in [-0.2, -0.15) is 13.2 Å². The topological polar surface area (TPSA) is 0 Å². The Kier molecular flexibility index (Phi) is 3.39. The smallest absolute Gasteiger partial charge is 0.166 e. The number of alkyl halides is 3. The van der Waals surface area contributed by atoms with Crippen molar-refractivity contribution in [3.8, 4) is 0 Å². The minimum Gasteiger partial charge on any atom is -0.166 e. The molecule has 0 unspecified atom stereocenters. The fourth-order valence-corrected chi connectivity index (χ4v) is 0.349. The first kappa shape index (κ1) is 10.3. The van der Waals surface area contributed by atoms with Crippen molar-refractivity contribution < 1.29 is 13.2 Å². The van der Waals surface area contributed by atoms with Gasteiger partial charge in [0.2, 0.25) is 0 Å². The van der Waals surface area contributed by atoms with Crippen molar-refractivity contribution in [1.82, 2.24) is 0 Å². The van der Waals surface area contributed by atoms with Gasteiger partial charge in [0, 0.05) is 10.6 Å². The Labute approximate surface area is 67.7 Å². The van der Waals surface area contributed by atoms with Crippen LogP contribution in [0.2, 0.25) is 0 Å². The van der Waals surface area contributed by atoms with Crippen LogP contribution in [0.1, 0.15) is 0 Å². The van der Waals surface area contributed by atoms with E-state index in [9.17, 15) is 13.2 Å². The van der Waals surface area contributed by atoms with Crippen molar-refractivity contribution in [3.63, 3.8) is 0 Å². The van der Waals surface area contributed by atoms with E-state index >= 15 is 0 Å². The standard InChI is InChI=1S/C7H6ClF3/c1-5(7(9,10)11)3-4-6(2)8/h3-4H,1-2H2/b4-3-. The van der Waals surface area contributed by atoms with Crippen molar-refractivity contribution in [2.24, 2.45) is 0 Å². The summed E-state index contributed by atoms with van der Waals surface area (Å²) in [7, 11) is 0. The molecule has 0 aliphatic rings. The maximum Gasteiger partial charge on any atom is 0.415 e. The molecule has 0 fully saturated rings. The van der Waals surface area contributed by atoms with E-state index < -0.39 is 11.7 Å². The summed E-state index contributed by atoms with van der Waals surface area (Å²) in [5.74, 6) is 0. The molecule has 0 saturated heterocycles. The molecule has 11 heavy (non-hydrogen) atoms. The van der Waals surface area contributed by atoms with Crippen LogP contribution >= 0.6 is 11.6 Å². The Hall–Kier alpha value is -0.700. The second-order valence-corrected chi connectivity index (χ2v) is 2.29. The van der Waals surface area contributed by atoms with Crippen LogP contribution in [-0.2, 0) is 0 Å². The summed E-state index contributed by atoms with van der Waals surface area (Å²) < 4.78 is 35.0. The highest BCUT2D eigenvalue weighted by molar-refractivity contribution is 6.30. The van der Waals surface area contributed by atoms with Crippen LogP contribution in [-0.4, -0.2) is 6.18 Å². The molecule has 4 heteroatoms. The van der Waals surface area contributed by atoms with Crippen molar-refractivity contribution in [2.45, 2.75) is 6.18 Å². The van der Waals surface area contributed by atoms with E-state index in [1.54, 1.807) is 0 Å². The first-order valence-corrected chi connectivity index (χ1v) is 3.00. The third kappa shape index (κ3) is 4.67. The zero-order valence-electron chi connectivity index (χ0n) is 5.58. The number of halogens is 4. The number of allylic oxidation sites excluding steroid dienone is 4. The highest BCUT2D eigenvalue weighted by atomic mass is 35.5. The Morgan fingerprint density at radius 3 is 1.91 bits per heavy atom. The zero-order chi connectivity index (χ0) is 9.07. The molecule has 0 amide bonds. The van der Waals surface area contributed by atoms with Crippen molar-refractivity contribution in [3.05, 3.63) is 35.9 Å². The summed E-state index contributed by atoms with van der Waals surface area (Å²) in [6.07, 6.45) is -2.57. The van der Waals surface area contributed by atoms with Crippen LogP contribution in [0.5, 0.6) is 0 Å². The normalized spacial score (nSPS) is 12.0. The van der Waals surface area contributed by atoms with Crippen LogP contribution in [0.15, 0.2) is 35.9 Å². The summed E-state index contributed by atoms with van der Waals surface area (Å²) >= 11 is 5.18. The van der Waals surface area contributed by atoms with Gasteiger partial charge in [-0.15, -0.1) is 0 Å². The van der Waals surface area contributed by atoms with Gasteiger partial charge in [-0.25, -0.2) is 0 Å². The molecule has 0 aliphatic heterocycles. The average molecular weight is 183 g/mol. The fraction of sp³-hybridized carbons (Fsp3) is 0.143. The molecular formula is C7H6ClF3. The summed E-state index contributed by atoms with van der Waals surface area (Å²) in [5, 5.41) is 0.0374. The molecule has 0 saturated carbocycles. The van der Waals surface area contributed by atoms with E-state index in [4.69, 9.17) is 11.6 Å². The Balaban J connectivity index is 4.20. The SMILES string of the molecule is C=C(Cl)/C=C\C(=C)C(F)(F)F. The van der Waals surface area contributed by atoms with Gasteiger partial charge >= 0.3 is 6.18 Å². The van der Waals surface area contributed by atoms with E-state index in [-0.39, 0.29) is 5.03 Å². The fourth-order valence-electron chi connectivity index (χ4n) is 0.286. The molecule has 0 spiro atoms. The lowest BCUT2D eigenvalue weighted by Crippen LogP contribution is -2.08. The van der Waals surface area contributed by atoms with Gasteiger partial charge in [0.1, 0.15) is 0 Å². The van der Waals surface area contributed by atoms with Crippen LogP contribution in [0.4, 0.5) is 13.2 Å². The molecule has 0 heterocycles. The van der Waals surface area contributed by atoms with E-state index in [2.05, 4.69) is 13.2 Å². The van der Waals surface area contributed by atoms with Gasteiger partial charge in [0.05, 0.1) is 0 Å². The summed E-state index contributed by atoms with van der Waals surface area (Å²) in [6, 6.07) is 0. The first-order chi connectivity index (χ1) is 4.84. The maximum atomic E-state index is 11.7. The van der Waals surface area contributed by atoms with Gasteiger partial charge in [-0.1, -0.05) is 24.8 Å². The molecule has 0 aliphatic carbocycles. The molecular weight excluding hydrogens is 177 g/mol. The quantitative estimate of drug-likeness (QED) is 0.574. The number of rotatable bonds is 2. The average Bonchev–Trinajstić information content (AvgIpc) is 1.80. The zero-order valence-corrected chi connectivity index (χ0v) is 6.34. The molecule has 0 aromatic heterocycles. The first-order valence-electron chi connectivity index (χ1n) is 2.62. The van der Waals surface area contributed by atoms with Gasteiger partial charge in [0.25, 0.3) is 0 Å². The summed E-state index contributed by atoms with van der Waals surface area (Å²) in [6.45, 7) is 5.97. The molecule has 0 aromatic carbocycles. The second kappa shape index (κ2) is 3.62. The molecule has 0 bridgehead atoms. The molecule has 0 nitrogen and oxygen atoms in total. The van der Waals surface area contributed by atoms with Gasteiger partial charge in [0.15, 0.2) is 0 Å². The lowest BCUT2D eigenvalue weighted by Gasteiger charge is -2.03. The van der Waals surface area contributed by atoms with Crippen LogP contribution < -0.4 is 0 Å². The maximum absolute atomic E-state index is 11.7.